The lowest BCUT2D eigenvalue weighted by molar-refractivity contribution is -0.141. The number of carbonyl (C=O) groups excluding carboxylic acids is 2. The van der Waals surface area contributed by atoms with E-state index in [2.05, 4.69) is 49.5 Å². The predicted molar refractivity (Wildman–Crippen MR) is 128 cm³/mol. The number of amides is 2. The van der Waals surface area contributed by atoms with Gasteiger partial charge in [-0.05, 0) is 56.2 Å². The lowest BCUT2D eigenvalue weighted by Gasteiger charge is -2.31. The van der Waals surface area contributed by atoms with Gasteiger partial charge in [0.15, 0.2) is 0 Å². The van der Waals surface area contributed by atoms with Crippen molar-refractivity contribution in [2.45, 2.75) is 85.4 Å². The molecule has 0 aliphatic heterocycles. The van der Waals surface area contributed by atoms with E-state index in [0.717, 1.165) is 16.7 Å². The molecule has 0 aliphatic carbocycles. The van der Waals surface area contributed by atoms with Gasteiger partial charge >= 0.3 is 0 Å². The highest BCUT2D eigenvalue weighted by molar-refractivity contribution is 5.87. The third-order valence-electron chi connectivity index (χ3n) is 5.53. The average Bonchev–Trinajstić information content (AvgIpc) is 2.71. The Hall–Kier alpha value is -2.62. The van der Waals surface area contributed by atoms with Crippen LogP contribution in [0.5, 0.6) is 0 Å². The van der Waals surface area contributed by atoms with E-state index in [0.29, 0.717) is 31.7 Å². The van der Waals surface area contributed by atoms with E-state index in [1.54, 1.807) is 4.90 Å². The molecule has 1 atom stereocenters. The summed E-state index contributed by atoms with van der Waals surface area (Å²) in [5.74, 6) is 0.422. The zero-order chi connectivity index (χ0) is 23.0. The molecular formula is C27H38N2O2. The summed E-state index contributed by atoms with van der Waals surface area (Å²) in [6, 6.07) is 16.2. The largest absolute Gasteiger partial charge is 0.352 e. The molecule has 0 bridgehead atoms. The van der Waals surface area contributed by atoms with Crippen molar-refractivity contribution in [2.75, 3.05) is 0 Å². The summed E-state index contributed by atoms with van der Waals surface area (Å²) in [7, 11) is 0. The topological polar surface area (TPSA) is 49.4 Å². The molecule has 0 aliphatic rings. The number of hydrogen-bond donors (Lipinski definition) is 1. The van der Waals surface area contributed by atoms with Crippen molar-refractivity contribution in [1.29, 1.82) is 0 Å². The highest BCUT2D eigenvalue weighted by atomic mass is 16.2. The first kappa shape index (κ1) is 24.6. The minimum Gasteiger partial charge on any atom is -0.352 e. The smallest absolute Gasteiger partial charge is 0.243 e. The van der Waals surface area contributed by atoms with Crippen LogP contribution in [0.4, 0.5) is 0 Å². The number of hydrogen-bond acceptors (Lipinski definition) is 2. The zero-order valence-corrected chi connectivity index (χ0v) is 19.9. The maximum absolute atomic E-state index is 13.3. The quantitative estimate of drug-likeness (QED) is 0.559. The predicted octanol–water partition coefficient (Wildman–Crippen LogP) is 5.38. The molecule has 0 spiro atoms. The van der Waals surface area contributed by atoms with Crippen LogP contribution in [0.3, 0.4) is 0 Å². The maximum Gasteiger partial charge on any atom is 0.243 e. The zero-order valence-electron chi connectivity index (χ0n) is 19.9. The molecule has 0 fully saturated rings. The van der Waals surface area contributed by atoms with Crippen molar-refractivity contribution in [3.63, 3.8) is 0 Å². The molecule has 2 rings (SSSR count). The minimum absolute atomic E-state index is 0.0141. The van der Waals surface area contributed by atoms with E-state index >= 15 is 0 Å². The summed E-state index contributed by atoms with van der Waals surface area (Å²) in [6.45, 7) is 12.7. The standard InChI is InChI=1S/C27H38N2O2/c1-7-25(27(31)28-20(4)5)29(18-23-10-8-9-21(6)17-23)26(30)16-13-22-11-14-24(15-12-22)19(2)3/h8-12,14-15,17,19-20,25H,7,13,16,18H2,1-6H3,(H,28,31)/t25-/m1/s1. The molecule has 1 N–H and O–H groups in total. The fourth-order valence-corrected chi connectivity index (χ4v) is 3.77. The molecule has 31 heavy (non-hydrogen) atoms. The summed E-state index contributed by atoms with van der Waals surface area (Å²) in [6.07, 6.45) is 1.64. The SMILES string of the molecule is CC[C@H](C(=O)NC(C)C)N(Cc1cccc(C)c1)C(=O)CCc1ccc(C(C)C)cc1. The van der Waals surface area contributed by atoms with E-state index < -0.39 is 6.04 Å². The van der Waals surface area contributed by atoms with Crippen molar-refractivity contribution in [3.05, 3.63) is 70.8 Å². The van der Waals surface area contributed by atoms with Crippen molar-refractivity contribution >= 4 is 11.8 Å². The fraction of sp³-hybridized carbons (Fsp3) is 0.481. The molecule has 4 heteroatoms. The van der Waals surface area contributed by atoms with Crippen LogP contribution < -0.4 is 5.32 Å². The Labute approximate surface area is 188 Å². The fourth-order valence-electron chi connectivity index (χ4n) is 3.77. The molecule has 2 aromatic rings. The van der Waals surface area contributed by atoms with Crippen LogP contribution in [0.1, 0.15) is 75.6 Å². The molecule has 2 amide bonds. The summed E-state index contributed by atoms with van der Waals surface area (Å²) in [4.78, 5) is 27.9. The molecule has 0 saturated heterocycles. The number of carbonyl (C=O) groups is 2. The van der Waals surface area contributed by atoms with E-state index in [1.165, 1.54) is 5.56 Å². The van der Waals surface area contributed by atoms with Crippen LogP contribution in [0.2, 0.25) is 0 Å². The normalized spacial score (nSPS) is 12.1. The van der Waals surface area contributed by atoms with E-state index in [-0.39, 0.29) is 17.9 Å². The van der Waals surface area contributed by atoms with E-state index in [4.69, 9.17) is 0 Å². The monoisotopic (exact) mass is 422 g/mol. The summed E-state index contributed by atoms with van der Waals surface area (Å²) >= 11 is 0. The average molecular weight is 423 g/mol. The Morgan fingerprint density at radius 3 is 2.19 bits per heavy atom. The van der Waals surface area contributed by atoms with Gasteiger partial charge in [-0.25, -0.2) is 0 Å². The number of rotatable bonds is 10. The molecule has 0 heterocycles. The second-order valence-corrected chi connectivity index (χ2v) is 8.99. The van der Waals surface area contributed by atoms with Crippen molar-refractivity contribution in [3.8, 4) is 0 Å². The highest BCUT2D eigenvalue weighted by Gasteiger charge is 2.28. The van der Waals surface area contributed by atoms with E-state index in [9.17, 15) is 9.59 Å². The lowest BCUT2D eigenvalue weighted by atomic mass is 10.00. The van der Waals surface area contributed by atoms with Gasteiger partial charge in [-0.1, -0.05) is 74.9 Å². The first-order valence-corrected chi connectivity index (χ1v) is 11.5. The maximum atomic E-state index is 13.3. The van der Waals surface area contributed by atoms with Crippen LogP contribution in [0.15, 0.2) is 48.5 Å². The molecule has 0 radical (unpaired) electrons. The second-order valence-electron chi connectivity index (χ2n) is 8.99. The highest BCUT2D eigenvalue weighted by Crippen LogP contribution is 2.18. The van der Waals surface area contributed by atoms with E-state index in [1.807, 2.05) is 45.9 Å². The number of aryl methyl sites for hydroxylation is 2. The van der Waals surface area contributed by atoms with Crippen molar-refractivity contribution in [2.24, 2.45) is 0 Å². The number of nitrogens with one attached hydrogen (secondary N) is 1. The molecule has 168 valence electrons. The van der Waals surface area contributed by atoms with Crippen LogP contribution in [0, 0.1) is 6.92 Å². The van der Waals surface area contributed by atoms with Gasteiger partial charge in [-0.3, -0.25) is 9.59 Å². The van der Waals surface area contributed by atoms with Crippen molar-refractivity contribution < 1.29 is 9.59 Å². The Bertz CT molecular complexity index is 856. The van der Waals surface area contributed by atoms with Crippen LogP contribution in [0.25, 0.3) is 0 Å². The Balaban J connectivity index is 2.18. The minimum atomic E-state index is -0.473. The third-order valence-corrected chi connectivity index (χ3v) is 5.53. The van der Waals surface area contributed by atoms with Gasteiger partial charge in [-0.2, -0.15) is 0 Å². The van der Waals surface area contributed by atoms with Crippen LogP contribution in [-0.2, 0) is 22.6 Å². The molecular weight excluding hydrogens is 384 g/mol. The first-order valence-electron chi connectivity index (χ1n) is 11.5. The number of nitrogens with zero attached hydrogens (tertiary/aromatic N) is 1. The van der Waals surface area contributed by atoms with Crippen LogP contribution >= 0.6 is 0 Å². The van der Waals surface area contributed by atoms with Crippen LogP contribution in [-0.4, -0.2) is 28.8 Å². The molecule has 0 unspecified atom stereocenters. The first-order chi connectivity index (χ1) is 14.7. The lowest BCUT2D eigenvalue weighted by Crippen LogP contribution is -2.50. The molecule has 0 aromatic heterocycles. The van der Waals surface area contributed by atoms with Crippen molar-refractivity contribution in [1.82, 2.24) is 10.2 Å². The summed E-state index contributed by atoms with van der Waals surface area (Å²) in [5, 5.41) is 2.98. The summed E-state index contributed by atoms with van der Waals surface area (Å²) in [5.41, 5.74) is 4.64. The molecule has 0 saturated carbocycles. The van der Waals surface area contributed by atoms with Gasteiger partial charge in [-0.15, -0.1) is 0 Å². The Morgan fingerprint density at radius 1 is 0.968 bits per heavy atom. The van der Waals surface area contributed by atoms with Gasteiger partial charge in [0.1, 0.15) is 6.04 Å². The van der Waals surface area contributed by atoms with Gasteiger partial charge < -0.3 is 10.2 Å². The second kappa shape index (κ2) is 11.7. The molecule has 4 nitrogen and oxygen atoms in total. The molecule has 2 aromatic carbocycles. The van der Waals surface area contributed by atoms with Gasteiger partial charge in [0.25, 0.3) is 0 Å². The number of benzene rings is 2. The van der Waals surface area contributed by atoms with Gasteiger partial charge in [0.05, 0.1) is 0 Å². The third kappa shape index (κ3) is 7.54. The Morgan fingerprint density at radius 2 is 1.65 bits per heavy atom. The van der Waals surface area contributed by atoms with Gasteiger partial charge in [0.2, 0.25) is 11.8 Å². The van der Waals surface area contributed by atoms with Gasteiger partial charge in [0, 0.05) is 19.0 Å². The Kier molecular flexibility index (Phi) is 9.29. The summed E-state index contributed by atoms with van der Waals surface area (Å²) < 4.78 is 0.